The maximum atomic E-state index is 11.9. The first-order valence-corrected chi connectivity index (χ1v) is 4.59. The van der Waals surface area contributed by atoms with Crippen molar-refractivity contribution in [3.05, 3.63) is 22.4 Å². The predicted molar refractivity (Wildman–Crippen MR) is 48.8 cm³/mol. The van der Waals surface area contributed by atoms with E-state index in [0.717, 1.165) is 6.07 Å². The average molecular weight is 304 g/mol. The number of alkyl halides is 3. The van der Waals surface area contributed by atoms with E-state index in [2.05, 4.69) is 25.7 Å². The maximum absolute atomic E-state index is 11.9. The van der Waals surface area contributed by atoms with Crippen LogP contribution in [0, 0.1) is 0 Å². The number of carbonyl (C=O) groups excluding carboxylic acids is 1. The van der Waals surface area contributed by atoms with Crippen LogP contribution in [-0.4, -0.2) is 16.6 Å². The molecule has 0 atom stereocenters. The molecule has 1 aromatic heterocycles. The molecule has 0 unspecified atom stereocenters. The van der Waals surface area contributed by atoms with E-state index >= 15 is 0 Å². The third-order valence-corrected chi connectivity index (χ3v) is 1.86. The van der Waals surface area contributed by atoms with Gasteiger partial charge in [0.2, 0.25) is 0 Å². The molecular weight excluding hydrogens is 302 g/mol. The lowest BCUT2D eigenvalue weighted by atomic mass is 10.3. The number of ether oxygens (including phenoxy) is 1. The summed E-state index contributed by atoms with van der Waals surface area (Å²) < 4.78 is 39.3. The Morgan fingerprint density at radius 3 is 2.53 bits per heavy atom. The van der Waals surface area contributed by atoms with E-state index in [1.54, 1.807) is 0 Å². The first-order valence-electron chi connectivity index (χ1n) is 3.42. The molecule has 0 saturated heterocycles. The number of hydrogen-bond acceptors (Lipinski definition) is 3. The van der Waals surface area contributed by atoms with Crippen molar-refractivity contribution in [2.45, 2.75) is 6.36 Å². The van der Waals surface area contributed by atoms with Gasteiger partial charge in [0.25, 0.3) is 5.24 Å². The van der Waals surface area contributed by atoms with E-state index in [4.69, 9.17) is 11.6 Å². The number of aromatic nitrogens is 1. The second kappa shape index (κ2) is 4.36. The minimum absolute atomic E-state index is 0.182. The average Bonchev–Trinajstić information content (AvgIpc) is 2.05. The smallest absolute Gasteiger partial charge is 0.403 e. The van der Waals surface area contributed by atoms with Crippen LogP contribution in [0.5, 0.6) is 5.75 Å². The van der Waals surface area contributed by atoms with Crippen LogP contribution in [0.25, 0.3) is 0 Å². The van der Waals surface area contributed by atoms with Crippen LogP contribution in [0.2, 0.25) is 0 Å². The van der Waals surface area contributed by atoms with Crippen LogP contribution in [0.4, 0.5) is 13.2 Å². The van der Waals surface area contributed by atoms with Gasteiger partial charge < -0.3 is 4.74 Å². The monoisotopic (exact) mass is 303 g/mol. The summed E-state index contributed by atoms with van der Waals surface area (Å²) >= 11 is 7.93. The lowest BCUT2D eigenvalue weighted by Crippen LogP contribution is -2.19. The molecule has 0 N–H and O–H groups in total. The van der Waals surface area contributed by atoms with E-state index < -0.39 is 23.0 Å². The second-order valence-corrected chi connectivity index (χ2v) is 3.46. The van der Waals surface area contributed by atoms with Gasteiger partial charge in [0.1, 0.15) is 4.60 Å². The predicted octanol–water partition coefficient (Wildman–Crippen LogP) is 3.12. The summed E-state index contributed by atoms with van der Waals surface area (Å²) in [4.78, 5) is 14.2. The Kier molecular flexibility index (Phi) is 3.56. The summed E-state index contributed by atoms with van der Waals surface area (Å²) in [6.07, 6.45) is -4.89. The normalized spacial score (nSPS) is 11.3. The molecule has 0 aromatic carbocycles. The van der Waals surface area contributed by atoms with Gasteiger partial charge in [-0.3, -0.25) is 4.79 Å². The van der Waals surface area contributed by atoms with Crippen molar-refractivity contribution in [1.82, 2.24) is 4.98 Å². The summed E-state index contributed by atoms with van der Waals surface area (Å²) in [7, 11) is 0. The summed E-state index contributed by atoms with van der Waals surface area (Å²) in [5.41, 5.74) is -0.594. The molecule has 0 saturated carbocycles. The van der Waals surface area contributed by atoms with Gasteiger partial charge in [-0.15, -0.1) is 13.2 Å². The number of carbonyl (C=O) groups is 1. The van der Waals surface area contributed by atoms with Gasteiger partial charge in [-0.1, -0.05) is 0 Å². The fourth-order valence-electron chi connectivity index (χ4n) is 0.770. The molecule has 0 radical (unpaired) electrons. The number of nitrogens with zero attached hydrogens (tertiary/aromatic N) is 1. The second-order valence-electron chi connectivity index (χ2n) is 2.30. The summed E-state index contributed by atoms with van der Waals surface area (Å²) in [5, 5.41) is -1.13. The lowest BCUT2D eigenvalue weighted by molar-refractivity contribution is -0.274. The molecule has 0 spiro atoms. The molecule has 0 fully saturated rings. The molecule has 0 bridgehead atoms. The summed E-state index contributed by atoms with van der Waals surface area (Å²) in [5.74, 6) is -0.731. The Hall–Kier alpha value is -0.820. The van der Waals surface area contributed by atoms with E-state index in [-0.39, 0.29) is 4.60 Å². The van der Waals surface area contributed by atoms with Crippen LogP contribution >= 0.6 is 27.5 Å². The van der Waals surface area contributed by atoms with E-state index in [1.807, 2.05) is 0 Å². The largest absolute Gasteiger partial charge is 0.573 e. The molecule has 3 nitrogen and oxygen atoms in total. The molecule has 0 amide bonds. The van der Waals surface area contributed by atoms with E-state index in [0.29, 0.717) is 0 Å². The summed E-state index contributed by atoms with van der Waals surface area (Å²) in [6, 6.07) is 2.14. The van der Waals surface area contributed by atoms with Crippen molar-refractivity contribution in [3.8, 4) is 5.75 Å². The molecule has 8 heteroatoms. The lowest BCUT2D eigenvalue weighted by Gasteiger charge is -2.10. The first-order chi connectivity index (χ1) is 6.79. The van der Waals surface area contributed by atoms with Crippen LogP contribution in [0.3, 0.4) is 0 Å². The Bertz CT molecular complexity index is 396. The Labute approximate surface area is 95.3 Å². The number of hydrogen-bond donors (Lipinski definition) is 0. The number of halogens is 5. The van der Waals surface area contributed by atoms with Gasteiger partial charge in [-0.05, 0) is 39.7 Å². The quantitative estimate of drug-likeness (QED) is 0.622. The van der Waals surface area contributed by atoms with Crippen molar-refractivity contribution in [2.75, 3.05) is 0 Å². The highest BCUT2D eigenvalue weighted by molar-refractivity contribution is 9.10. The Morgan fingerprint density at radius 2 is 2.07 bits per heavy atom. The van der Waals surface area contributed by atoms with Crippen LogP contribution in [0.1, 0.15) is 10.5 Å². The maximum Gasteiger partial charge on any atom is 0.573 e. The fraction of sp³-hybridized carbons (Fsp3) is 0.143. The van der Waals surface area contributed by atoms with Gasteiger partial charge in [-0.25, -0.2) is 4.98 Å². The van der Waals surface area contributed by atoms with Crippen molar-refractivity contribution in [2.24, 2.45) is 0 Å². The third kappa shape index (κ3) is 3.67. The zero-order chi connectivity index (χ0) is 11.6. The van der Waals surface area contributed by atoms with E-state index in [9.17, 15) is 18.0 Å². The highest BCUT2D eigenvalue weighted by atomic mass is 79.9. The highest BCUT2D eigenvalue weighted by Gasteiger charge is 2.33. The van der Waals surface area contributed by atoms with Gasteiger partial charge >= 0.3 is 6.36 Å². The van der Waals surface area contributed by atoms with Crippen LogP contribution in [0.15, 0.2) is 16.7 Å². The first kappa shape index (κ1) is 12.3. The highest BCUT2D eigenvalue weighted by Crippen LogP contribution is 2.27. The van der Waals surface area contributed by atoms with Crippen molar-refractivity contribution in [1.29, 1.82) is 0 Å². The minimum Gasteiger partial charge on any atom is -0.403 e. The summed E-state index contributed by atoms with van der Waals surface area (Å²) in [6.45, 7) is 0. The SMILES string of the molecule is O=C(Cl)c1nc(Br)ccc1OC(F)(F)F. The number of rotatable bonds is 2. The van der Waals surface area contributed by atoms with Gasteiger partial charge in [-0.2, -0.15) is 0 Å². The number of pyridine rings is 1. The molecule has 1 heterocycles. The van der Waals surface area contributed by atoms with Crippen molar-refractivity contribution in [3.63, 3.8) is 0 Å². The molecule has 1 rings (SSSR count). The van der Waals surface area contributed by atoms with Crippen molar-refractivity contribution >= 4 is 32.8 Å². The minimum atomic E-state index is -4.89. The standard InChI is InChI=1S/C7H2BrClF3NO2/c8-4-2-1-3(15-7(10,11)12)5(13-4)6(9)14/h1-2H. The Morgan fingerprint density at radius 1 is 1.47 bits per heavy atom. The molecule has 0 aliphatic rings. The third-order valence-electron chi connectivity index (χ3n) is 1.24. The molecule has 15 heavy (non-hydrogen) atoms. The molecular formula is C7H2BrClF3NO2. The van der Waals surface area contributed by atoms with Crippen LogP contribution < -0.4 is 4.74 Å². The zero-order valence-electron chi connectivity index (χ0n) is 6.81. The van der Waals surface area contributed by atoms with Crippen molar-refractivity contribution < 1.29 is 22.7 Å². The fourth-order valence-corrected chi connectivity index (χ4v) is 1.22. The Balaban J connectivity index is 3.12. The zero-order valence-corrected chi connectivity index (χ0v) is 9.15. The molecule has 1 aromatic rings. The topological polar surface area (TPSA) is 39.2 Å². The van der Waals surface area contributed by atoms with Gasteiger partial charge in [0, 0.05) is 0 Å². The molecule has 0 aliphatic heterocycles. The molecule has 0 aliphatic carbocycles. The molecule has 82 valence electrons. The van der Waals surface area contributed by atoms with Gasteiger partial charge in [0.15, 0.2) is 11.4 Å². The van der Waals surface area contributed by atoms with Gasteiger partial charge in [0.05, 0.1) is 0 Å². The van der Waals surface area contributed by atoms with Crippen LogP contribution in [-0.2, 0) is 0 Å². The van der Waals surface area contributed by atoms with E-state index in [1.165, 1.54) is 6.07 Å².